The van der Waals surface area contributed by atoms with Crippen molar-refractivity contribution in [2.45, 2.75) is 37.1 Å². The van der Waals surface area contributed by atoms with Crippen LogP contribution in [0.4, 0.5) is 5.69 Å². The lowest BCUT2D eigenvalue weighted by atomic mass is 10.1. The molecule has 1 fully saturated rings. The summed E-state index contributed by atoms with van der Waals surface area (Å²) < 4.78 is 33.9. The highest BCUT2D eigenvalue weighted by atomic mass is 32.2. The fourth-order valence-corrected chi connectivity index (χ4v) is 4.51. The number of rotatable bonds is 7. The summed E-state index contributed by atoms with van der Waals surface area (Å²) in [6, 6.07) is 13.0. The molecule has 0 saturated carbocycles. The van der Waals surface area contributed by atoms with Crippen molar-refractivity contribution in [2.24, 2.45) is 0 Å². The molecule has 2 aromatic carbocycles. The van der Waals surface area contributed by atoms with Crippen LogP contribution in [-0.2, 0) is 19.6 Å². The third kappa shape index (κ3) is 3.93. The second kappa shape index (κ2) is 8.12. The van der Waals surface area contributed by atoms with E-state index in [9.17, 15) is 18.0 Å². The van der Waals surface area contributed by atoms with E-state index in [1.165, 1.54) is 25.3 Å². The maximum absolute atomic E-state index is 13.0. The molecular formula is C20H22N2O5S. The minimum absolute atomic E-state index is 0.0369. The first-order valence-electron chi connectivity index (χ1n) is 8.98. The van der Waals surface area contributed by atoms with Crippen molar-refractivity contribution in [2.75, 3.05) is 12.0 Å². The molecule has 1 atom stereocenters. The molecule has 0 radical (unpaired) electrons. The number of hydrogen-bond acceptors (Lipinski definition) is 5. The van der Waals surface area contributed by atoms with Gasteiger partial charge in [-0.1, -0.05) is 37.3 Å². The van der Waals surface area contributed by atoms with Gasteiger partial charge in [0.2, 0.25) is 21.8 Å². The summed E-state index contributed by atoms with van der Waals surface area (Å²) in [5, 5.41) is 0. The van der Waals surface area contributed by atoms with Crippen molar-refractivity contribution in [1.82, 2.24) is 4.72 Å². The summed E-state index contributed by atoms with van der Waals surface area (Å²) >= 11 is 0. The highest BCUT2D eigenvalue weighted by Gasteiger charge is 2.33. The number of methoxy groups -OCH3 is 1. The molecule has 8 heteroatoms. The Hall–Kier alpha value is -2.71. The average Bonchev–Trinajstić information content (AvgIpc) is 3.04. The monoisotopic (exact) mass is 402 g/mol. The molecule has 2 aromatic rings. The number of carbonyl (C=O) groups excluding carboxylic acids is 2. The van der Waals surface area contributed by atoms with E-state index in [-0.39, 0.29) is 41.0 Å². The van der Waals surface area contributed by atoms with Gasteiger partial charge in [-0.05, 0) is 30.2 Å². The van der Waals surface area contributed by atoms with Crippen molar-refractivity contribution in [1.29, 1.82) is 0 Å². The summed E-state index contributed by atoms with van der Waals surface area (Å²) in [5.41, 5.74) is 0.998. The SMILES string of the molecule is CC[C@H](NS(=O)(=O)c1ccc(OC)c(N2C(=O)CCC2=O)c1)c1ccccc1. The molecule has 2 amide bonds. The van der Waals surface area contributed by atoms with Gasteiger partial charge in [-0.2, -0.15) is 0 Å². The zero-order valence-electron chi connectivity index (χ0n) is 15.7. The van der Waals surface area contributed by atoms with E-state index < -0.39 is 16.1 Å². The number of anilines is 1. The van der Waals surface area contributed by atoms with Crippen LogP contribution in [0.1, 0.15) is 37.8 Å². The van der Waals surface area contributed by atoms with E-state index in [4.69, 9.17) is 4.74 Å². The number of hydrogen-bond donors (Lipinski definition) is 1. The largest absolute Gasteiger partial charge is 0.495 e. The van der Waals surface area contributed by atoms with Gasteiger partial charge in [-0.15, -0.1) is 0 Å². The molecule has 28 heavy (non-hydrogen) atoms. The van der Waals surface area contributed by atoms with Gasteiger partial charge in [0.15, 0.2) is 0 Å². The van der Waals surface area contributed by atoms with E-state index in [1.807, 2.05) is 37.3 Å². The van der Waals surface area contributed by atoms with Crippen molar-refractivity contribution in [3.8, 4) is 5.75 Å². The third-order valence-corrected chi connectivity index (χ3v) is 6.13. The maximum Gasteiger partial charge on any atom is 0.241 e. The van der Waals surface area contributed by atoms with Crippen LogP contribution in [0, 0.1) is 0 Å². The molecule has 0 unspecified atom stereocenters. The first-order valence-corrected chi connectivity index (χ1v) is 10.5. The van der Waals surface area contributed by atoms with E-state index in [2.05, 4.69) is 4.72 Å². The molecule has 7 nitrogen and oxygen atoms in total. The molecule has 148 valence electrons. The van der Waals surface area contributed by atoms with Crippen LogP contribution < -0.4 is 14.4 Å². The van der Waals surface area contributed by atoms with Crippen molar-refractivity contribution >= 4 is 27.5 Å². The lowest BCUT2D eigenvalue weighted by Gasteiger charge is -2.20. The van der Waals surface area contributed by atoms with Gasteiger partial charge in [0.05, 0.1) is 17.7 Å². The van der Waals surface area contributed by atoms with Gasteiger partial charge >= 0.3 is 0 Å². The third-order valence-electron chi connectivity index (χ3n) is 4.66. The Bertz CT molecular complexity index is 973. The van der Waals surface area contributed by atoms with Gasteiger partial charge in [-0.3, -0.25) is 9.59 Å². The van der Waals surface area contributed by atoms with Gasteiger partial charge in [-0.25, -0.2) is 18.0 Å². The van der Waals surface area contributed by atoms with Crippen molar-refractivity contribution < 1.29 is 22.7 Å². The van der Waals surface area contributed by atoms with Crippen LogP contribution >= 0.6 is 0 Å². The minimum Gasteiger partial charge on any atom is -0.495 e. The molecule has 0 aromatic heterocycles. The summed E-state index contributed by atoms with van der Waals surface area (Å²) in [6.07, 6.45) is 0.765. The van der Waals surface area contributed by atoms with Crippen LogP contribution in [0.3, 0.4) is 0 Å². The predicted octanol–water partition coefficient (Wildman–Crippen LogP) is 2.78. The smallest absolute Gasteiger partial charge is 0.241 e. The Morgan fingerprint density at radius 3 is 2.29 bits per heavy atom. The minimum atomic E-state index is -3.89. The number of sulfonamides is 1. The normalized spacial score (nSPS) is 15.7. The Kier molecular flexibility index (Phi) is 5.81. The first-order chi connectivity index (χ1) is 13.4. The molecule has 0 spiro atoms. The van der Waals surface area contributed by atoms with Crippen LogP contribution in [0.25, 0.3) is 0 Å². The molecule has 1 aliphatic heterocycles. The molecule has 3 rings (SSSR count). The summed E-state index contributed by atoms with van der Waals surface area (Å²) in [4.78, 5) is 25.2. The number of nitrogens with zero attached hydrogens (tertiary/aromatic N) is 1. The Balaban J connectivity index is 1.97. The molecule has 1 aliphatic rings. The lowest BCUT2D eigenvalue weighted by Crippen LogP contribution is -2.31. The van der Waals surface area contributed by atoms with Gasteiger partial charge < -0.3 is 4.74 Å². The van der Waals surface area contributed by atoms with Crippen LogP contribution in [0.2, 0.25) is 0 Å². The van der Waals surface area contributed by atoms with Gasteiger partial charge in [0, 0.05) is 18.9 Å². The number of benzene rings is 2. The number of ether oxygens (including phenoxy) is 1. The molecule has 1 saturated heterocycles. The molecule has 1 heterocycles. The predicted molar refractivity (Wildman–Crippen MR) is 105 cm³/mol. The zero-order chi connectivity index (χ0) is 20.3. The molecule has 0 bridgehead atoms. The highest BCUT2D eigenvalue weighted by Crippen LogP contribution is 2.34. The number of carbonyl (C=O) groups is 2. The van der Waals surface area contributed by atoms with Crippen molar-refractivity contribution in [3.63, 3.8) is 0 Å². The van der Waals surface area contributed by atoms with Crippen LogP contribution in [0.5, 0.6) is 5.75 Å². The lowest BCUT2D eigenvalue weighted by molar-refractivity contribution is -0.121. The Morgan fingerprint density at radius 1 is 1.07 bits per heavy atom. The van der Waals surface area contributed by atoms with Gasteiger partial charge in [0.25, 0.3) is 0 Å². The number of imide groups is 1. The standard InChI is InChI=1S/C20H22N2O5S/c1-3-16(14-7-5-4-6-8-14)21-28(25,26)15-9-10-18(27-2)17(13-15)22-19(23)11-12-20(22)24/h4-10,13,16,21H,3,11-12H2,1-2H3/t16-/m0/s1. The van der Waals surface area contributed by atoms with Gasteiger partial charge in [0.1, 0.15) is 5.75 Å². The number of amides is 2. The zero-order valence-corrected chi connectivity index (χ0v) is 16.5. The summed E-state index contributed by atoms with van der Waals surface area (Å²) in [6.45, 7) is 1.89. The Labute approximate surface area is 164 Å². The Morgan fingerprint density at radius 2 is 1.71 bits per heavy atom. The number of nitrogens with one attached hydrogen (secondary N) is 1. The molecule has 0 aliphatic carbocycles. The first kappa shape index (κ1) is 20.0. The van der Waals surface area contributed by atoms with Crippen LogP contribution in [0.15, 0.2) is 53.4 Å². The fraction of sp³-hybridized carbons (Fsp3) is 0.300. The fourth-order valence-electron chi connectivity index (χ4n) is 3.18. The van der Waals surface area contributed by atoms with E-state index in [0.29, 0.717) is 6.42 Å². The highest BCUT2D eigenvalue weighted by molar-refractivity contribution is 7.89. The maximum atomic E-state index is 13.0. The van der Waals surface area contributed by atoms with E-state index in [0.717, 1.165) is 10.5 Å². The van der Waals surface area contributed by atoms with Crippen LogP contribution in [-0.4, -0.2) is 27.3 Å². The second-order valence-corrected chi connectivity index (χ2v) is 8.16. The molecular weight excluding hydrogens is 380 g/mol. The van der Waals surface area contributed by atoms with E-state index in [1.54, 1.807) is 0 Å². The summed E-state index contributed by atoms with van der Waals surface area (Å²) in [7, 11) is -2.48. The summed E-state index contributed by atoms with van der Waals surface area (Å²) in [5.74, 6) is -0.485. The average molecular weight is 402 g/mol. The van der Waals surface area contributed by atoms with E-state index >= 15 is 0 Å². The second-order valence-electron chi connectivity index (χ2n) is 6.45. The van der Waals surface area contributed by atoms with Crippen molar-refractivity contribution in [3.05, 3.63) is 54.1 Å². The molecule has 1 N–H and O–H groups in total. The topological polar surface area (TPSA) is 92.8 Å². The quantitative estimate of drug-likeness (QED) is 0.719.